The van der Waals surface area contributed by atoms with Crippen LogP contribution in [-0.4, -0.2) is 32.8 Å². The highest BCUT2D eigenvalue weighted by Crippen LogP contribution is 2.30. The lowest BCUT2D eigenvalue weighted by Crippen LogP contribution is -2.38. The van der Waals surface area contributed by atoms with Gasteiger partial charge in [0.15, 0.2) is 6.10 Å². The third kappa shape index (κ3) is 4.45. The average molecular weight is 453 g/mol. The van der Waals surface area contributed by atoms with Crippen LogP contribution >= 0.6 is 0 Å². The monoisotopic (exact) mass is 452 g/mol. The molecule has 1 atom stereocenters. The minimum atomic E-state index is -0.543. The number of nitrogens with zero attached hydrogens (tertiary/aromatic N) is 3. The van der Waals surface area contributed by atoms with Crippen molar-refractivity contribution in [2.75, 3.05) is 5.32 Å². The van der Waals surface area contributed by atoms with Crippen LogP contribution in [-0.2, 0) is 17.9 Å². The molecule has 2 heterocycles. The molecule has 5 rings (SSSR count). The van der Waals surface area contributed by atoms with Gasteiger partial charge in [-0.25, -0.2) is 4.98 Å². The van der Waals surface area contributed by atoms with E-state index in [1.54, 1.807) is 17.0 Å². The lowest BCUT2D eigenvalue weighted by Gasteiger charge is -2.23. The van der Waals surface area contributed by atoms with E-state index in [0.29, 0.717) is 36.5 Å². The van der Waals surface area contributed by atoms with E-state index in [-0.39, 0.29) is 17.5 Å². The minimum Gasteiger partial charge on any atom is -0.480 e. The summed E-state index contributed by atoms with van der Waals surface area (Å²) >= 11 is 0. The van der Waals surface area contributed by atoms with Crippen molar-refractivity contribution in [2.45, 2.75) is 32.5 Å². The number of nitrogens with one attached hydrogen (secondary N) is 1. The van der Waals surface area contributed by atoms with Crippen molar-refractivity contribution < 1.29 is 14.3 Å². The van der Waals surface area contributed by atoms with Crippen molar-refractivity contribution in [3.63, 3.8) is 0 Å². The molecule has 0 fully saturated rings. The summed E-state index contributed by atoms with van der Waals surface area (Å²) in [6.07, 6.45) is 1.50. The maximum Gasteiger partial charge on any atom is 0.275 e. The fourth-order valence-corrected chi connectivity index (χ4v) is 4.04. The zero-order valence-electron chi connectivity index (χ0n) is 18.8. The Balaban J connectivity index is 1.39. The molecular formula is C27H24N4O3. The molecule has 1 unspecified atom stereocenters. The number of hydrogen-bond acceptors (Lipinski definition) is 5. The van der Waals surface area contributed by atoms with Crippen LogP contribution in [0.15, 0.2) is 79.0 Å². The Labute approximate surface area is 197 Å². The van der Waals surface area contributed by atoms with E-state index < -0.39 is 6.10 Å². The number of carbonyl (C=O) groups excluding carboxylic acids is 2. The standard InChI is InChI=1S/C27H24N4O3/c1-2-24-27(33)31(16-18-8-4-3-5-9-18)17-19-14-20(12-13-25(19)34-24)29-26(32)23-15-28-21-10-6-7-11-22(21)30-23/h3-15,24H,2,16-17H2,1H3,(H,29,32). The number of ether oxygens (including phenoxy) is 1. The van der Waals surface area contributed by atoms with Gasteiger partial charge in [0.05, 0.1) is 17.2 Å². The number of anilines is 1. The van der Waals surface area contributed by atoms with Gasteiger partial charge in [0.2, 0.25) is 0 Å². The van der Waals surface area contributed by atoms with Gasteiger partial charge >= 0.3 is 0 Å². The molecular weight excluding hydrogens is 428 g/mol. The van der Waals surface area contributed by atoms with Crippen LogP contribution in [0.3, 0.4) is 0 Å². The number of benzene rings is 3. The second kappa shape index (κ2) is 9.31. The number of fused-ring (bicyclic) bond motifs is 2. The van der Waals surface area contributed by atoms with E-state index in [9.17, 15) is 9.59 Å². The first-order valence-electron chi connectivity index (χ1n) is 11.3. The fourth-order valence-electron chi connectivity index (χ4n) is 4.04. The Bertz CT molecular complexity index is 1360. The van der Waals surface area contributed by atoms with Gasteiger partial charge in [0.1, 0.15) is 11.4 Å². The van der Waals surface area contributed by atoms with Crippen LogP contribution in [0.1, 0.15) is 35.0 Å². The second-order valence-corrected chi connectivity index (χ2v) is 8.22. The van der Waals surface area contributed by atoms with Gasteiger partial charge in [0, 0.05) is 24.3 Å². The molecule has 7 heteroatoms. The van der Waals surface area contributed by atoms with E-state index in [0.717, 1.165) is 16.6 Å². The van der Waals surface area contributed by atoms with Crippen LogP contribution in [0.5, 0.6) is 5.75 Å². The Hall–Kier alpha value is -4.26. The predicted molar refractivity (Wildman–Crippen MR) is 129 cm³/mol. The number of carbonyl (C=O) groups is 2. The van der Waals surface area contributed by atoms with Crippen molar-refractivity contribution in [1.82, 2.24) is 14.9 Å². The first-order chi connectivity index (χ1) is 16.6. The van der Waals surface area contributed by atoms with Gasteiger partial charge in [-0.3, -0.25) is 14.6 Å². The Morgan fingerprint density at radius 1 is 1.06 bits per heavy atom. The van der Waals surface area contributed by atoms with Crippen molar-refractivity contribution in [3.05, 3.63) is 95.8 Å². The Kier molecular flexibility index (Phi) is 5.91. The topological polar surface area (TPSA) is 84.4 Å². The summed E-state index contributed by atoms with van der Waals surface area (Å²) in [7, 11) is 0. The molecule has 1 aliphatic heterocycles. The highest BCUT2D eigenvalue weighted by molar-refractivity contribution is 6.03. The summed E-state index contributed by atoms with van der Waals surface area (Å²) in [6, 6.07) is 22.7. The van der Waals surface area contributed by atoms with Gasteiger partial charge in [-0.05, 0) is 42.3 Å². The van der Waals surface area contributed by atoms with E-state index in [1.807, 2.05) is 67.6 Å². The van der Waals surface area contributed by atoms with Crippen LogP contribution in [0.4, 0.5) is 5.69 Å². The van der Waals surface area contributed by atoms with Crippen molar-refractivity contribution in [2.24, 2.45) is 0 Å². The second-order valence-electron chi connectivity index (χ2n) is 8.22. The van der Waals surface area contributed by atoms with Gasteiger partial charge in [-0.15, -0.1) is 0 Å². The first kappa shape index (κ1) is 21.6. The molecule has 1 N–H and O–H groups in total. The number of hydrogen-bond donors (Lipinski definition) is 1. The molecule has 0 radical (unpaired) electrons. The normalized spacial score (nSPS) is 15.4. The lowest BCUT2D eigenvalue weighted by atomic mass is 10.1. The molecule has 1 aliphatic rings. The Morgan fingerprint density at radius 3 is 2.62 bits per heavy atom. The zero-order valence-corrected chi connectivity index (χ0v) is 18.8. The minimum absolute atomic E-state index is 0.0421. The predicted octanol–water partition coefficient (Wildman–Crippen LogP) is 4.58. The van der Waals surface area contributed by atoms with Crippen molar-refractivity contribution in [1.29, 1.82) is 0 Å². The molecule has 7 nitrogen and oxygen atoms in total. The summed E-state index contributed by atoms with van der Waals surface area (Å²) < 4.78 is 6.05. The molecule has 1 aromatic heterocycles. The first-order valence-corrected chi connectivity index (χ1v) is 11.3. The van der Waals surface area contributed by atoms with Crippen LogP contribution in [0, 0.1) is 0 Å². The zero-order chi connectivity index (χ0) is 23.5. The van der Waals surface area contributed by atoms with E-state index in [4.69, 9.17) is 4.74 Å². The number of rotatable bonds is 5. The molecule has 3 aromatic carbocycles. The van der Waals surface area contributed by atoms with Crippen LogP contribution in [0.2, 0.25) is 0 Å². The van der Waals surface area contributed by atoms with Crippen molar-refractivity contribution >= 4 is 28.5 Å². The fraction of sp³-hybridized carbons (Fsp3) is 0.185. The number of aromatic nitrogens is 2. The summed E-state index contributed by atoms with van der Waals surface area (Å²) in [4.78, 5) is 36.5. The van der Waals surface area contributed by atoms with Gasteiger partial charge in [-0.1, -0.05) is 49.4 Å². The molecule has 0 spiro atoms. The van der Waals surface area contributed by atoms with E-state index in [2.05, 4.69) is 15.3 Å². The van der Waals surface area contributed by atoms with Crippen molar-refractivity contribution in [3.8, 4) is 5.75 Å². The summed E-state index contributed by atoms with van der Waals surface area (Å²) in [5, 5.41) is 2.89. The summed E-state index contributed by atoms with van der Waals surface area (Å²) in [5.41, 5.74) is 4.11. The van der Waals surface area contributed by atoms with Gasteiger partial charge < -0.3 is 15.0 Å². The summed E-state index contributed by atoms with van der Waals surface area (Å²) in [6.45, 7) is 2.81. The molecule has 0 bridgehead atoms. The quantitative estimate of drug-likeness (QED) is 0.479. The molecule has 34 heavy (non-hydrogen) atoms. The third-order valence-corrected chi connectivity index (χ3v) is 5.80. The molecule has 170 valence electrons. The largest absolute Gasteiger partial charge is 0.480 e. The van der Waals surface area contributed by atoms with E-state index >= 15 is 0 Å². The van der Waals surface area contributed by atoms with Crippen LogP contribution in [0.25, 0.3) is 11.0 Å². The SMILES string of the molecule is CCC1Oc2ccc(NC(=O)c3cnc4ccccc4n3)cc2CN(Cc2ccccc2)C1=O. The molecule has 4 aromatic rings. The highest BCUT2D eigenvalue weighted by Gasteiger charge is 2.30. The average Bonchev–Trinajstić information content (AvgIpc) is 3.00. The molecule has 0 saturated carbocycles. The number of amides is 2. The molecule has 0 aliphatic carbocycles. The van der Waals surface area contributed by atoms with Gasteiger partial charge in [-0.2, -0.15) is 0 Å². The smallest absolute Gasteiger partial charge is 0.275 e. The Morgan fingerprint density at radius 2 is 1.82 bits per heavy atom. The van der Waals surface area contributed by atoms with E-state index in [1.165, 1.54) is 6.20 Å². The lowest BCUT2D eigenvalue weighted by molar-refractivity contribution is -0.139. The molecule has 0 saturated heterocycles. The van der Waals surface area contributed by atoms with Gasteiger partial charge in [0.25, 0.3) is 11.8 Å². The van der Waals surface area contributed by atoms with Crippen LogP contribution < -0.4 is 10.1 Å². The third-order valence-electron chi connectivity index (χ3n) is 5.80. The summed E-state index contributed by atoms with van der Waals surface area (Å²) in [5.74, 6) is 0.259. The maximum absolute atomic E-state index is 13.1. The number of para-hydroxylation sites is 2. The maximum atomic E-state index is 13.1. The highest BCUT2D eigenvalue weighted by atomic mass is 16.5. The molecule has 2 amide bonds.